The van der Waals surface area contributed by atoms with E-state index in [4.69, 9.17) is 4.74 Å². The monoisotopic (exact) mass is 514 g/mol. The largest absolute Gasteiger partial charge is 0.383 e. The van der Waals surface area contributed by atoms with Gasteiger partial charge in [0.25, 0.3) is 0 Å². The molecule has 0 fully saturated rings. The van der Waals surface area contributed by atoms with Crippen molar-refractivity contribution in [3.8, 4) is 0 Å². The molecule has 5 nitrogen and oxygen atoms in total. The molecule has 0 bridgehead atoms. The van der Waals surface area contributed by atoms with Crippen LogP contribution in [0.3, 0.4) is 0 Å². The maximum Gasteiger partial charge on any atom is 0.192 e. The number of guanidine groups is 1. The number of halogens is 2. The molecule has 1 atom stereocenters. The molecule has 3 N–H and O–H groups in total. The molecule has 0 saturated carbocycles. The maximum absolute atomic E-state index is 13.8. The van der Waals surface area contributed by atoms with Gasteiger partial charge in [-0.3, -0.25) is 0 Å². The average Bonchev–Trinajstić information content (AvgIpc) is 2.69. The average molecular weight is 514 g/mol. The van der Waals surface area contributed by atoms with Crippen molar-refractivity contribution in [1.29, 1.82) is 0 Å². The fourth-order valence-corrected chi connectivity index (χ4v) is 2.68. The summed E-state index contributed by atoms with van der Waals surface area (Å²) in [5.41, 5.74) is 3.71. The highest BCUT2D eigenvalue weighted by molar-refractivity contribution is 14.0. The summed E-state index contributed by atoms with van der Waals surface area (Å²) in [7, 11) is 1.69. The van der Waals surface area contributed by atoms with Gasteiger partial charge in [-0.25, -0.2) is 9.38 Å². The molecule has 2 aromatic rings. The zero-order valence-electron chi connectivity index (χ0n) is 17.6. The van der Waals surface area contributed by atoms with Crippen LogP contribution in [0, 0.1) is 12.7 Å². The minimum Gasteiger partial charge on any atom is -0.383 e. The third-order valence-electron chi connectivity index (χ3n) is 4.40. The van der Waals surface area contributed by atoms with Gasteiger partial charge >= 0.3 is 0 Å². The number of ether oxygens (including phenoxy) is 1. The van der Waals surface area contributed by atoms with E-state index in [0.717, 1.165) is 29.9 Å². The first-order valence-electron chi connectivity index (χ1n) is 9.66. The summed E-state index contributed by atoms with van der Waals surface area (Å²) in [6.07, 6.45) is 0. The number of hydrogen-bond acceptors (Lipinski definition) is 3. The van der Waals surface area contributed by atoms with Crippen LogP contribution in [0.25, 0.3) is 0 Å². The number of methoxy groups -OCH3 is 1. The number of benzene rings is 2. The zero-order chi connectivity index (χ0) is 20.4. The van der Waals surface area contributed by atoms with Gasteiger partial charge in [0.05, 0.1) is 19.2 Å². The molecule has 0 aliphatic carbocycles. The van der Waals surface area contributed by atoms with Crippen LogP contribution < -0.4 is 16.0 Å². The Morgan fingerprint density at radius 2 is 1.90 bits per heavy atom. The number of aliphatic imine (C=N–C) groups is 1. The van der Waals surface area contributed by atoms with Crippen molar-refractivity contribution in [1.82, 2.24) is 10.6 Å². The number of anilines is 1. The van der Waals surface area contributed by atoms with Crippen LogP contribution in [0.1, 0.15) is 36.6 Å². The van der Waals surface area contributed by atoms with Crippen LogP contribution in [0.15, 0.2) is 47.5 Å². The van der Waals surface area contributed by atoms with Crippen LogP contribution >= 0.6 is 24.0 Å². The predicted molar refractivity (Wildman–Crippen MR) is 130 cm³/mol. The lowest BCUT2D eigenvalue weighted by Gasteiger charge is -2.18. The van der Waals surface area contributed by atoms with Crippen molar-refractivity contribution in [2.75, 3.05) is 32.1 Å². The van der Waals surface area contributed by atoms with Crippen molar-refractivity contribution in [2.24, 2.45) is 4.99 Å². The highest BCUT2D eigenvalue weighted by Gasteiger charge is 2.09. The third kappa shape index (κ3) is 8.57. The standard InChI is InChI=1S/C22H31FN4O.HI/c1-5-24-22(27-17(3)19-9-6-16(2)21(23)14-19)26-15-18-7-10-20(11-8-18)25-12-13-28-4;/h6-11,14,17,25H,5,12-13,15H2,1-4H3,(H2,24,26,27);1H. The molecule has 160 valence electrons. The fourth-order valence-electron chi connectivity index (χ4n) is 2.68. The van der Waals surface area contributed by atoms with E-state index in [-0.39, 0.29) is 35.8 Å². The summed E-state index contributed by atoms with van der Waals surface area (Å²) < 4.78 is 18.9. The Morgan fingerprint density at radius 3 is 2.52 bits per heavy atom. The lowest BCUT2D eigenvalue weighted by molar-refractivity contribution is 0.211. The van der Waals surface area contributed by atoms with Gasteiger partial charge in [-0.05, 0) is 55.7 Å². The van der Waals surface area contributed by atoms with Gasteiger partial charge in [-0.1, -0.05) is 24.3 Å². The van der Waals surface area contributed by atoms with E-state index in [1.165, 1.54) is 0 Å². The van der Waals surface area contributed by atoms with E-state index in [1.807, 2.05) is 32.0 Å². The molecule has 1 unspecified atom stereocenters. The van der Waals surface area contributed by atoms with Crippen molar-refractivity contribution in [3.63, 3.8) is 0 Å². The minimum absolute atomic E-state index is 0. The molecule has 0 aliphatic rings. The molecule has 2 aromatic carbocycles. The molecule has 2 rings (SSSR count). The Balaban J connectivity index is 0.00000420. The Morgan fingerprint density at radius 1 is 1.17 bits per heavy atom. The first-order chi connectivity index (χ1) is 13.5. The normalized spacial score (nSPS) is 12.1. The molecule has 0 heterocycles. The van der Waals surface area contributed by atoms with Gasteiger partial charge in [0, 0.05) is 25.9 Å². The summed E-state index contributed by atoms with van der Waals surface area (Å²) in [5, 5.41) is 9.88. The number of aryl methyl sites for hydroxylation is 1. The lowest BCUT2D eigenvalue weighted by Crippen LogP contribution is -2.38. The van der Waals surface area contributed by atoms with E-state index in [9.17, 15) is 4.39 Å². The van der Waals surface area contributed by atoms with E-state index in [1.54, 1.807) is 26.2 Å². The van der Waals surface area contributed by atoms with Gasteiger partial charge < -0.3 is 20.7 Å². The number of nitrogens with one attached hydrogen (secondary N) is 3. The quantitative estimate of drug-likeness (QED) is 0.198. The Kier molecular flexibility index (Phi) is 11.6. The topological polar surface area (TPSA) is 57.7 Å². The first-order valence-corrected chi connectivity index (χ1v) is 9.66. The Labute approximate surface area is 190 Å². The second-order valence-corrected chi connectivity index (χ2v) is 6.69. The molecule has 7 heteroatoms. The van der Waals surface area contributed by atoms with Crippen LogP contribution in [0.4, 0.5) is 10.1 Å². The second-order valence-electron chi connectivity index (χ2n) is 6.69. The maximum atomic E-state index is 13.8. The Bertz CT molecular complexity index is 768. The summed E-state index contributed by atoms with van der Waals surface area (Å²) in [4.78, 5) is 4.65. The van der Waals surface area contributed by atoms with E-state index < -0.39 is 0 Å². The van der Waals surface area contributed by atoms with Crippen LogP contribution in [-0.2, 0) is 11.3 Å². The molecule has 0 spiro atoms. The number of hydrogen-bond donors (Lipinski definition) is 3. The zero-order valence-corrected chi connectivity index (χ0v) is 19.9. The molecule has 0 aromatic heterocycles. The Hall–Kier alpha value is -1.87. The smallest absolute Gasteiger partial charge is 0.192 e. The van der Waals surface area contributed by atoms with Crippen molar-refractivity contribution < 1.29 is 9.13 Å². The number of rotatable bonds is 9. The first kappa shape index (κ1) is 25.2. The van der Waals surface area contributed by atoms with E-state index >= 15 is 0 Å². The summed E-state index contributed by atoms with van der Waals surface area (Å²) >= 11 is 0. The van der Waals surface area contributed by atoms with Crippen LogP contribution in [0.5, 0.6) is 0 Å². The summed E-state index contributed by atoms with van der Waals surface area (Å²) in [6.45, 7) is 8.55. The minimum atomic E-state index is -0.188. The molecular formula is C22H32FIN4O. The van der Waals surface area contributed by atoms with Crippen molar-refractivity contribution in [3.05, 3.63) is 65.0 Å². The van der Waals surface area contributed by atoms with Crippen molar-refractivity contribution >= 4 is 35.6 Å². The SMILES string of the molecule is CCNC(=NCc1ccc(NCCOC)cc1)NC(C)c1ccc(C)c(F)c1.I. The van der Waals surface area contributed by atoms with E-state index in [0.29, 0.717) is 24.7 Å². The third-order valence-corrected chi connectivity index (χ3v) is 4.40. The summed E-state index contributed by atoms with van der Waals surface area (Å²) in [6, 6.07) is 13.5. The molecule has 0 amide bonds. The second kappa shape index (κ2) is 13.4. The summed E-state index contributed by atoms with van der Waals surface area (Å²) in [5.74, 6) is 0.519. The van der Waals surface area contributed by atoms with Crippen LogP contribution in [-0.4, -0.2) is 32.8 Å². The fraction of sp³-hybridized carbons (Fsp3) is 0.409. The highest BCUT2D eigenvalue weighted by Crippen LogP contribution is 2.16. The van der Waals surface area contributed by atoms with E-state index in [2.05, 4.69) is 33.1 Å². The van der Waals surface area contributed by atoms with Gasteiger partial charge in [0.1, 0.15) is 5.82 Å². The van der Waals surface area contributed by atoms with Crippen molar-refractivity contribution in [2.45, 2.75) is 33.4 Å². The van der Waals surface area contributed by atoms with Gasteiger partial charge in [-0.2, -0.15) is 0 Å². The number of nitrogens with zero attached hydrogens (tertiary/aromatic N) is 1. The van der Waals surface area contributed by atoms with Gasteiger partial charge in [0.15, 0.2) is 5.96 Å². The molecule has 0 radical (unpaired) electrons. The predicted octanol–water partition coefficient (Wildman–Crippen LogP) is 4.63. The van der Waals surface area contributed by atoms with Gasteiger partial charge in [0.2, 0.25) is 0 Å². The van der Waals surface area contributed by atoms with Crippen LogP contribution in [0.2, 0.25) is 0 Å². The lowest BCUT2D eigenvalue weighted by atomic mass is 10.1. The van der Waals surface area contributed by atoms with Gasteiger partial charge in [-0.15, -0.1) is 24.0 Å². The highest BCUT2D eigenvalue weighted by atomic mass is 127. The molecule has 0 aliphatic heterocycles. The molecule has 0 saturated heterocycles. The molecular weight excluding hydrogens is 482 g/mol. The molecule has 29 heavy (non-hydrogen) atoms.